The van der Waals surface area contributed by atoms with Crippen LogP contribution in [-0.4, -0.2) is 32.3 Å². The number of para-hydroxylation sites is 1. The first kappa shape index (κ1) is 21.9. The standard InChI is InChI=1S/C21H25N5O2S2/c1-6-11-26-18(24-25-20(26)29)17-13(2)22-19(30-17)23-16(27)12-28-15-10-8-7-9-14(15)21(3,4)5/h6-10H,1,11-12H2,2-5H3,(H,25,29)(H,22,23,27). The number of nitrogens with one attached hydrogen (secondary N) is 2. The van der Waals surface area contributed by atoms with E-state index < -0.39 is 0 Å². The second-order valence-corrected chi connectivity index (χ2v) is 9.15. The van der Waals surface area contributed by atoms with Crippen LogP contribution in [0.25, 0.3) is 10.7 Å². The highest BCUT2D eigenvalue weighted by atomic mass is 32.1. The second kappa shape index (κ2) is 8.93. The van der Waals surface area contributed by atoms with Gasteiger partial charge in [0.25, 0.3) is 5.91 Å². The zero-order valence-corrected chi connectivity index (χ0v) is 19.1. The van der Waals surface area contributed by atoms with Crippen molar-refractivity contribution in [1.82, 2.24) is 19.7 Å². The zero-order chi connectivity index (χ0) is 21.9. The minimum Gasteiger partial charge on any atom is -0.483 e. The van der Waals surface area contributed by atoms with Crippen LogP contribution in [-0.2, 0) is 16.8 Å². The molecule has 0 saturated heterocycles. The monoisotopic (exact) mass is 443 g/mol. The lowest BCUT2D eigenvalue weighted by Crippen LogP contribution is -2.21. The van der Waals surface area contributed by atoms with Crippen LogP contribution < -0.4 is 10.1 Å². The maximum Gasteiger partial charge on any atom is 0.264 e. The Labute approximate surface area is 184 Å². The fourth-order valence-corrected chi connectivity index (χ4v) is 4.15. The zero-order valence-electron chi connectivity index (χ0n) is 17.5. The Kier molecular flexibility index (Phi) is 6.52. The van der Waals surface area contributed by atoms with E-state index in [0.717, 1.165) is 16.1 Å². The topological polar surface area (TPSA) is 84.8 Å². The minimum absolute atomic E-state index is 0.0810. The summed E-state index contributed by atoms with van der Waals surface area (Å²) in [6.45, 7) is 12.4. The molecule has 0 saturated carbocycles. The number of benzene rings is 1. The predicted molar refractivity (Wildman–Crippen MR) is 123 cm³/mol. The summed E-state index contributed by atoms with van der Waals surface area (Å²) in [6, 6.07) is 7.76. The number of aryl methyl sites for hydroxylation is 1. The Balaban J connectivity index is 1.72. The number of hydrogen-bond acceptors (Lipinski definition) is 6. The van der Waals surface area contributed by atoms with E-state index in [1.165, 1.54) is 11.3 Å². The van der Waals surface area contributed by atoms with E-state index in [9.17, 15) is 4.79 Å². The van der Waals surface area contributed by atoms with Crippen molar-refractivity contribution in [2.75, 3.05) is 11.9 Å². The molecule has 30 heavy (non-hydrogen) atoms. The van der Waals surface area contributed by atoms with Crippen LogP contribution in [0.2, 0.25) is 0 Å². The summed E-state index contributed by atoms with van der Waals surface area (Å²) in [6.07, 6.45) is 1.75. The quantitative estimate of drug-likeness (QED) is 0.402. The summed E-state index contributed by atoms with van der Waals surface area (Å²) in [5.74, 6) is 1.10. The summed E-state index contributed by atoms with van der Waals surface area (Å²) < 4.78 is 8.14. The van der Waals surface area contributed by atoms with Crippen molar-refractivity contribution < 1.29 is 9.53 Å². The molecule has 3 aromatic rings. The fraction of sp³-hybridized carbons (Fsp3) is 0.333. The van der Waals surface area contributed by atoms with E-state index in [2.05, 4.69) is 47.8 Å². The molecule has 0 bridgehead atoms. The number of ether oxygens (including phenoxy) is 1. The molecule has 0 aliphatic heterocycles. The van der Waals surface area contributed by atoms with Gasteiger partial charge in [-0.05, 0) is 36.2 Å². The Morgan fingerprint density at radius 2 is 2.13 bits per heavy atom. The van der Waals surface area contributed by atoms with Crippen LogP contribution in [0.1, 0.15) is 32.0 Å². The molecule has 2 aromatic heterocycles. The van der Waals surface area contributed by atoms with Crippen LogP contribution in [0, 0.1) is 11.7 Å². The van der Waals surface area contributed by atoms with Gasteiger partial charge in [-0.2, -0.15) is 5.10 Å². The summed E-state index contributed by atoms with van der Waals surface area (Å²) >= 11 is 6.61. The van der Waals surface area contributed by atoms with Gasteiger partial charge in [-0.3, -0.25) is 19.8 Å². The molecule has 3 rings (SSSR count). The maximum absolute atomic E-state index is 12.5. The van der Waals surface area contributed by atoms with Crippen molar-refractivity contribution in [1.29, 1.82) is 0 Å². The number of aromatic amines is 1. The van der Waals surface area contributed by atoms with Crippen molar-refractivity contribution >= 4 is 34.6 Å². The van der Waals surface area contributed by atoms with E-state index in [1.54, 1.807) is 6.08 Å². The third-order valence-corrected chi connectivity index (χ3v) is 5.75. The van der Waals surface area contributed by atoms with E-state index >= 15 is 0 Å². The van der Waals surface area contributed by atoms with E-state index in [0.29, 0.717) is 28.0 Å². The van der Waals surface area contributed by atoms with Gasteiger partial charge in [0.15, 0.2) is 22.3 Å². The molecule has 0 fully saturated rings. The molecule has 0 aliphatic carbocycles. The molecule has 1 amide bonds. The highest BCUT2D eigenvalue weighted by Crippen LogP contribution is 2.32. The lowest BCUT2D eigenvalue weighted by Gasteiger charge is -2.22. The number of rotatable bonds is 7. The molecule has 2 N–H and O–H groups in total. The average molecular weight is 444 g/mol. The van der Waals surface area contributed by atoms with Crippen molar-refractivity contribution in [3.63, 3.8) is 0 Å². The largest absolute Gasteiger partial charge is 0.483 e. The minimum atomic E-state index is -0.274. The number of anilines is 1. The van der Waals surface area contributed by atoms with Crippen LogP contribution in [0.4, 0.5) is 5.13 Å². The first-order chi connectivity index (χ1) is 14.2. The van der Waals surface area contributed by atoms with Gasteiger partial charge < -0.3 is 4.74 Å². The van der Waals surface area contributed by atoms with Crippen LogP contribution >= 0.6 is 23.6 Å². The summed E-state index contributed by atoms with van der Waals surface area (Å²) in [4.78, 5) is 17.7. The van der Waals surface area contributed by atoms with Gasteiger partial charge in [0.2, 0.25) is 0 Å². The number of allylic oxidation sites excluding steroid dienone is 1. The van der Waals surface area contributed by atoms with E-state index in [-0.39, 0.29) is 17.9 Å². The van der Waals surface area contributed by atoms with Gasteiger partial charge in [0.1, 0.15) is 5.75 Å². The average Bonchev–Trinajstić information content (AvgIpc) is 3.22. The van der Waals surface area contributed by atoms with Crippen LogP contribution in [0.15, 0.2) is 36.9 Å². The number of nitrogens with zero attached hydrogens (tertiary/aromatic N) is 3. The lowest BCUT2D eigenvalue weighted by atomic mass is 9.86. The second-order valence-electron chi connectivity index (χ2n) is 7.77. The maximum atomic E-state index is 12.5. The molecule has 0 unspecified atom stereocenters. The van der Waals surface area contributed by atoms with Gasteiger partial charge in [-0.1, -0.05) is 56.4 Å². The van der Waals surface area contributed by atoms with Crippen LogP contribution in [0.3, 0.4) is 0 Å². The SMILES string of the molecule is C=CCn1c(-c2sc(NC(=O)COc3ccccc3C(C)(C)C)nc2C)n[nH]c1=S. The molecular formula is C21H25N5O2S2. The van der Waals surface area contributed by atoms with Gasteiger partial charge in [0, 0.05) is 6.54 Å². The smallest absolute Gasteiger partial charge is 0.264 e. The summed E-state index contributed by atoms with van der Waals surface area (Å²) in [5, 5.41) is 10.4. The lowest BCUT2D eigenvalue weighted by molar-refractivity contribution is -0.118. The van der Waals surface area contributed by atoms with Gasteiger partial charge in [-0.25, -0.2) is 4.98 Å². The van der Waals surface area contributed by atoms with Crippen molar-refractivity contribution in [2.45, 2.75) is 39.7 Å². The summed E-state index contributed by atoms with van der Waals surface area (Å²) in [7, 11) is 0. The molecule has 2 heterocycles. The molecule has 7 nitrogen and oxygen atoms in total. The third kappa shape index (κ3) is 4.85. The molecular weight excluding hydrogens is 418 g/mol. The molecule has 0 spiro atoms. The first-order valence-electron chi connectivity index (χ1n) is 9.46. The molecule has 9 heteroatoms. The molecule has 0 radical (unpaired) electrons. The third-order valence-electron chi connectivity index (χ3n) is 4.37. The number of amides is 1. The Morgan fingerprint density at radius 1 is 1.40 bits per heavy atom. The molecule has 0 atom stereocenters. The summed E-state index contributed by atoms with van der Waals surface area (Å²) in [5.41, 5.74) is 1.73. The molecule has 158 valence electrons. The van der Waals surface area contributed by atoms with E-state index in [4.69, 9.17) is 17.0 Å². The number of aromatic nitrogens is 4. The van der Waals surface area contributed by atoms with Crippen molar-refractivity contribution in [3.8, 4) is 16.5 Å². The van der Waals surface area contributed by atoms with Crippen molar-refractivity contribution in [3.05, 3.63) is 52.9 Å². The highest BCUT2D eigenvalue weighted by molar-refractivity contribution is 7.71. The van der Waals surface area contributed by atoms with E-state index in [1.807, 2.05) is 35.8 Å². The molecule has 1 aromatic carbocycles. The Bertz CT molecular complexity index is 1120. The highest BCUT2D eigenvalue weighted by Gasteiger charge is 2.20. The number of thiazole rings is 1. The Morgan fingerprint density at radius 3 is 2.83 bits per heavy atom. The van der Waals surface area contributed by atoms with Gasteiger partial charge in [0.05, 0.1) is 10.6 Å². The number of H-pyrrole nitrogens is 1. The number of carbonyl (C=O) groups is 1. The van der Waals surface area contributed by atoms with Gasteiger partial charge in [-0.15, -0.1) is 6.58 Å². The van der Waals surface area contributed by atoms with Gasteiger partial charge >= 0.3 is 0 Å². The Hall–Kier alpha value is -2.78. The predicted octanol–water partition coefficient (Wildman–Crippen LogP) is 4.87. The number of carbonyl (C=O) groups excluding carboxylic acids is 1. The number of hydrogen-bond donors (Lipinski definition) is 2. The first-order valence-corrected chi connectivity index (χ1v) is 10.7. The van der Waals surface area contributed by atoms with Crippen LogP contribution in [0.5, 0.6) is 5.75 Å². The van der Waals surface area contributed by atoms with Crippen molar-refractivity contribution in [2.24, 2.45) is 0 Å². The fourth-order valence-electron chi connectivity index (χ4n) is 2.96. The normalized spacial score (nSPS) is 11.3. The molecule has 0 aliphatic rings.